The monoisotopic (exact) mass is 284 g/mol. The number of ether oxygens (including phenoxy) is 2. The van der Waals surface area contributed by atoms with Gasteiger partial charge >= 0.3 is 11.9 Å². The lowest BCUT2D eigenvalue weighted by Gasteiger charge is -2.13. The van der Waals surface area contributed by atoms with Crippen LogP contribution in [0.25, 0.3) is 0 Å². The molecule has 0 aliphatic heterocycles. The highest BCUT2D eigenvalue weighted by atomic mass is 16.6. The molecular weight excluding hydrogens is 268 g/mol. The molecule has 1 atom stereocenters. The number of hydrogen-bond acceptors (Lipinski definition) is 4. The van der Waals surface area contributed by atoms with E-state index in [9.17, 15) is 9.59 Å². The van der Waals surface area contributed by atoms with Gasteiger partial charge in [0.1, 0.15) is 12.7 Å². The standard InChI is InChI=1S/C17H16O4/c1-14(18)20-13-17(21-15(2)19)12-8-4-7-11-16-9-5-3-6-10-16/h3,5-6,9-10,17H,12-13H2,1-2H3/t17-/m1/s1. The first kappa shape index (κ1) is 16.3. The van der Waals surface area contributed by atoms with Crippen molar-refractivity contribution >= 4 is 11.9 Å². The van der Waals surface area contributed by atoms with Crippen LogP contribution in [0.2, 0.25) is 0 Å². The molecule has 1 aromatic carbocycles. The van der Waals surface area contributed by atoms with Crippen LogP contribution in [0.15, 0.2) is 30.3 Å². The minimum Gasteiger partial charge on any atom is -0.462 e. The number of carbonyl (C=O) groups is 2. The van der Waals surface area contributed by atoms with Crippen LogP contribution in [-0.4, -0.2) is 24.6 Å². The summed E-state index contributed by atoms with van der Waals surface area (Å²) in [5, 5.41) is 0. The van der Waals surface area contributed by atoms with E-state index in [-0.39, 0.29) is 13.0 Å². The molecule has 0 radical (unpaired) electrons. The Morgan fingerprint density at radius 3 is 2.43 bits per heavy atom. The predicted molar refractivity (Wildman–Crippen MR) is 77.9 cm³/mol. The Labute approximate surface area is 124 Å². The van der Waals surface area contributed by atoms with Crippen molar-refractivity contribution in [3.8, 4) is 23.7 Å². The second-order valence-electron chi connectivity index (χ2n) is 4.16. The molecule has 0 unspecified atom stereocenters. The maximum absolute atomic E-state index is 10.9. The highest BCUT2D eigenvalue weighted by Gasteiger charge is 2.12. The maximum Gasteiger partial charge on any atom is 0.303 e. The zero-order valence-corrected chi connectivity index (χ0v) is 12.0. The van der Waals surface area contributed by atoms with Gasteiger partial charge in [0.25, 0.3) is 0 Å². The second kappa shape index (κ2) is 9.23. The van der Waals surface area contributed by atoms with Crippen molar-refractivity contribution < 1.29 is 19.1 Å². The van der Waals surface area contributed by atoms with E-state index in [1.165, 1.54) is 13.8 Å². The Morgan fingerprint density at radius 1 is 1.10 bits per heavy atom. The Morgan fingerprint density at radius 2 is 1.81 bits per heavy atom. The van der Waals surface area contributed by atoms with Gasteiger partial charge in [0.05, 0.1) is 6.42 Å². The number of hydrogen-bond donors (Lipinski definition) is 0. The molecule has 0 N–H and O–H groups in total. The molecule has 0 saturated heterocycles. The van der Waals surface area contributed by atoms with Crippen LogP contribution in [0.3, 0.4) is 0 Å². The van der Waals surface area contributed by atoms with Gasteiger partial charge in [0.15, 0.2) is 0 Å². The third-order valence-electron chi connectivity index (χ3n) is 2.27. The van der Waals surface area contributed by atoms with Crippen LogP contribution < -0.4 is 0 Å². The summed E-state index contributed by atoms with van der Waals surface area (Å²) in [6, 6.07) is 9.48. The van der Waals surface area contributed by atoms with E-state index in [4.69, 9.17) is 9.47 Å². The highest BCUT2D eigenvalue weighted by molar-refractivity contribution is 5.67. The molecule has 0 spiro atoms. The Hall–Kier alpha value is -2.72. The third-order valence-corrected chi connectivity index (χ3v) is 2.27. The van der Waals surface area contributed by atoms with Gasteiger partial charge in [-0.3, -0.25) is 9.59 Å². The molecule has 4 nitrogen and oxygen atoms in total. The summed E-state index contributed by atoms with van der Waals surface area (Å²) in [5.74, 6) is 10.2. The summed E-state index contributed by atoms with van der Waals surface area (Å²) in [6.45, 7) is 2.58. The van der Waals surface area contributed by atoms with Crippen molar-refractivity contribution in [2.45, 2.75) is 26.4 Å². The zero-order valence-electron chi connectivity index (χ0n) is 12.0. The fourth-order valence-corrected chi connectivity index (χ4v) is 1.41. The van der Waals surface area contributed by atoms with E-state index < -0.39 is 18.0 Å². The number of carbonyl (C=O) groups excluding carboxylic acids is 2. The van der Waals surface area contributed by atoms with Gasteiger partial charge in [0.2, 0.25) is 0 Å². The normalized spacial score (nSPS) is 10.2. The minimum atomic E-state index is -0.572. The fraction of sp³-hybridized carbons (Fsp3) is 0.294. The first-order valence-corrected chi connectivity index (χ1v) is 6.42. The van der Waals surface area contributed by atoms with Gasteiger partial charge in [-0.15, -0.1) is 0 Å². The highest BCUT2D eigenvalue weighted by Crippen LogP contribution is 2.00. The lowest BCUT2D eigenvalue weighted by molar-refractivity contribution is -0.155. The van der Waals surface area contributed by atoms with Gasteiger partial charge in [-0.25, -0.2) is 0 Å². The summed E-state index contributed by atoms with van der Waals surface area (Å²) < 4.78 is 9.81. The minimum absolute atomic E-state index is 0.00426. The van der Waals surface area contributed by atoms with Crippen LogP contribution in [0.4, 0.5) is 0 Å². The van der Waals surface area contributed by atoms with E-state index >= 15 is 0 Å². The predicted octanol–water partition coefficient (Wildman–Crippen LogP) is 1.93. The van der Waals surface area contributed by atoms with Crippen LogP contribution in [0.5, 0.6) is 0 Å². The topological polar surface area (TPSA) is 52.6 Å². The smallest absolute Gasteiger partial charge is 0.303 e. The Balaban J connectivity index is 2.53. The lowest BCUT2D eigenvalue weighted by atomic mass is 10.2. The summed E-state index contributed by atoms with van der Waals surface area (Å²) in [5.41, 5.74) is 0.878. The van der Waals surface area contributed by atoms with Gasteiger partial charge in [-0.1, -0.05) is 30.0 Å². The molecule has 21 heavy (non-hydrogen) atoms. The first-order valence-electron chi connectivity index (χ1n) is 6.42. The van der Waals surface area contributed by atoms with Gasteiger partial charge in [0, 0.05) is 19.4 Å². The molecule has 0 amide bonds. The fourth-order valence-electron chi connectivity index (χ4n) is 1.41. The van der Waals surface area contributed by atoms with E-state index in [0.29, 0.717) is 0 Å². The molecule has 108 valence electrons. The van der Waals surface area contributed by atoms with E-state index in [1.807, 2.05) is 30.3 Å². The average Bonchev–Trinajstić information content (AvgIpc) is 2.44. The molecule has 0 fully saturated rings. The van der Waals surface area contributed by atoms with Gasteiger partial charge in [-0.05, 0) is 24.0 Å². The number of benzene rings is 1. The molecule has 1 rings (SSSR count). The quantitative estimate of drug-likeness (QED) is 0.626. The van der Waals surface area contributed by atoms with Crippen molar-refractivity contribution in [3.63, 3.8) is 0 Å². The van der Waals surface area contributed by atoms with Crippen molar-refractivity contribution in [2.24, 2.45) is 0 Å². The van der Waals surface area contributed by atoms with Crippen LogP contribution in [-0.2, 0) is 19.1 Å². The summed E-state index contributed by atoms with van der Waals surface area (Å²) in [4.78, 5) is 21.7. The number of rotatable bonds is 4. The van der Waals surface area contributed by atoms with Crippen molar-refractivity contribution in [3.05, 3.63) is 35.9 Å². The zero-order chi connectivity index (χ0) is 15.5. The molecule has 4 heteroatoms. The summed E-state index contributed by atoms with van der Waals surface area (Å²) in [7, 11) is 0. The van der Waals surface area contributed by atoms with Crippen LogP contribution >= 0.6 is 0 Å². The Bertz CT molecular complexity index is 596. The molecule has 1 aromatic rings. The largest absolute Gasteiger partial charge is 0.462 e. The number of esters is 2. The summed E-state index contributed by atoms with van der Waals surface area (Å²) >= 11 is 0. The first-order chi connectivity index (χ1) is 10.1. The van der Waals surface area contributed by atoms with Crippen LogP contribution in [0, 0.1) is 23.7 Å². The van der Waals surface area contributed by atoms with E-state index in [0.717, 1.165) is 5.56 Å². The van der Waals surface area contributed by atoms with Gasteiger partial charge in [-0.2, -0.15) is 0 Å². The maximum atomic E-state index is 10.9. The van der Waals surface area contributed by atoms with Crippen molar-refractivity contribution in [1.29, 1.82) is 0 Å². The molecule has 0 aromatic heterocycles. The van der Waals surface area contributed by atoms with Gasteiger partial charge < -0.3 is 9.47 Å². The van der Waals surface area contributed by atoms with E-state index in [1.54, 1.807) is 0 Å². The summed E-state index contributed by atoms with van der Waals surface area (Å²) in [6.07, 6.45) is -0.312. The average molecular weight is 284 g/mol. The molecule has 0 heterocycles. The molecule has 0 aliphatic rings. The SMILES string of the molecule is CC(=O)OC[C@@H](CC#CC#Cc1ccccc1)OC(C)=O. The Kier molecular flexibility index (Phi) is 7.18. The van der Waals surface area contributed by atoms with Crippen LogP contribution in [0.1, 0.15) is 25.8 Å². The van der Waals surface area contributed by atoms with Crippen molar-refractivity contribution in [2.75, 3.05) is 6.61 Å². The second-order valence-corrected chi connectivity index (χ2v) is 4.16. The lowest BCUT2D eigenvalue weighted by Crippen LogP contribution is -2.23. The van der Waals surface area contributed by atoms with Crippen molar-refractivity contribution in [1.82, 2.24) is 0 Å². The molecule has 0 aliphatic carbocycles. The third kappa shape index (κ3) is 8.13. The molecular formula is C17H16O4. The molecule has 0 bridgehead atoms. The molecule has 0 saturated carbocycles. The van der Waals surface area contributed by atoms with E-state index in [2.05, 4.69) is 23.7 Å².